The number of ketones is 1. The second-order valence-electron chi connectivity index (χ2n) is 6.17. The van der Waals surface area contributed by atoms with E-state index < -0.39 is 16.8 Å². The number of carbonyl (C=O) groups is 3. The zero-order chi connectivity index (χ0) is 21.0. The van der Waals surface area contributed by atoms with E-state index in [0.717, 1.165) is 0 Å². The van der Waals surface area contributed by atoms with E-state index in [-0.39, 0.29) is 35.6 Å². The predicted octanol–water partition coefficient (Wildman–Crippen LogP) is 2.71. The number of hydrogen-bond donors (Lipinski definition) is 1. The third kappa shape index (κ3) is 4.25. The van der Waals surface area contributed by atoms with E-state index >= 15 is 0 Å². The molecular weight excluding hydrogens is 366 g/mol. The van der Waals surface area contributed by atoms with Crippen molar-refractivity contribution in [1.29, 1.82) is 0 Å². The van der Waals surface area contributed by atoms with E-state index in [0.29, 0.717) is 17.0 Å². The summed E-state index contributed by atoms with van der Waals surface area (Å²) in [6, 6.07) is 5.64. The summed E-state index contributed by atoms with van der Waals surface area (Å²) in [6.07, 6.45) is -0.0286. The number of aromatic nitrogens is 1. The summed E-state index contributed by atoms with van der Waals surface area (Å²) in [7, 11) is 0. The number of nitrogens with one attached hydrogen (secondary N) is 1. The van der Waals surface area contributed by atoms with Crippen molar-refractivity contribution in [1.82, 2.24) is 4.68 Å². The molecule has 0 saturated carbocycles. The Kier molecular flexibility index (Phi) is 6.29. The van der Waals surface area contributed by atoms with Crippen molar-refractivity contribution in [3.8, 4) is 0 Å². The average molecular weight is 387 g/mol. The fourth-order valence-corrected chi connectivity index (χ4v) is 2.97. The van der Waals surface area contributed by atoms with Crippen LogP contribution in [-0.2, 0) is 16.0 Å². The van der Waals surface area contributed by atoms with Crippen molar-refractivity contribution in [3.63, 3.8) is 0 Å². The number of nitrogens with zero attached hydrogens (tertiary/aromatic N) is 2. The molecule has 0 aliphatic rings. The maximum atomic E-state index is 12.4. The zero-order valence-corrected chi connectivity index (χ0v) is 16.1. The Labute approximate surface area is 161 Å². The van der Waals surface area contributed by atoms with Crippen LogP contribution in [0.1, 0.15) is 51.5 Å². The van der Waals surface area contributed by atoms with E-state index in [1.807, 2.05) is 0 Å². The van der Waals surface area contributed by atoms with Crippen molar-refractivity contribution in [2.75, 3.05) is 12.0 Å². The Hall–Kier alpha value is -3.49. The number of amides is 1. The summed E-state index contributed by atoms with van der Waals surface area (Å²) in [5.41, 5.74) is 4.32. The SMILES string of the molecule is CCOC(=O)c1c(C(C)=O)c(C)n(NC(=O)Cc2ccc([N+](=O)[O-])cc2)c1C. The minimum absolute atomic E-state index is 0.0286. The predicted molar refractivity (Wildman–Crippen MR) is 101 cm³/mol. The molecule has 1 heterocycles. The molecule has 1 aromatic carbocycles. The fraction of sp³-hybridized carbons (Fsp3) is 0.316. The second kappa shape index (κ2) is 8.47. The molecule has 1 aromatic heterocycles. The fourth-order valence-electron chi connectivity index (χ4n) is 2.97. The summed E-state index contributed by atoms with van der Waals surface area (Å²) in [6.45, 7) is 6.40. The number of ether oxygens (including phenoxy) is 1. The van der Waals surface area contributed by atoms with Gasteiger partial charge in [0.1, 0.15) is 0 Å². The van der Waals surface area contributed by atoms with Crippen LogP contribution in [0.4, 0.5) is 5.69 Å². The second-order valence-corrected chi connectivity index (χ2v) is 6.17. The number of benzene rings is 1. The molecule has 148 valence electrons. The Balaban J connectivity index is 2.28. The number of rotatable bonds is 7. The first-order valence-electron chi connectivity index (χ1n) is 8.60. The molecule has 0 aliphatic carbocycles. The van der Waals surface area contributed by atoms with Crippen LogP contribution in [-0.4, -0.2) is 33.9 Å². The first-order valence-corrected chi connectivity index (χ1v) is 8.60. The molecular formula is C19H21N3O6. The van der Waals surface area contributed by atoms with Gasteiger partial charge in [0.15, 0.2) is 5.78 Å². The quantitative estimate of drug-likeness (QED) is 0.337. The number of hydrogen-bond acceptors (Lipinski definition) is 6. The monoisotopic (exact) mass is 387 g/mol. The molecule has 0 unspecified atom stereocenters. The number of esters is 1. The minimum Gasteiger partial charge on any atom is -0.462 e. The van der Waals surface area contributed by atoms with Crippen LogP contribution in [0.15, 0.2) is 24.3 Å². The van der Waals surface area contributed by atoms with Crippen LogP contribution >= 0.6 is 0 Å². The van der Waals surface area contributed by atoms with Crippen LogP contribution in [0.25, 0.3) is 0 Å². The van der Waals surface area contributed by atoms with Crippen molar-refractivity contribution in [2.45, 2.75) is 34.1 Å². The zero-order valence-electron chi connectivity index (χ0n) is 16.1. The van der Waals surface area contributed by atoms with Gasteiger partial charge in [-0.1, -0.05) is 12.1 Å². The lowest BCUT2D eigenvalue weighted by molar-refractivity contribution is -0.384. The maximum Gasteiger partial charge on any atom is 0.340 e. The summed E-state index contributed by atoms with van der Waals surface area (Å²) in [5, 5.41) is 10.7. The topological polar surface area (TPSA) is 121 Å². The number of carbonyl (C=O) groups excluding carboxylic acids is 3. The minimum atomic E-state index is -0.628. The van der Waals surface area contributed by atoms with Crippen LogP contribution < -0.4 is 5.43 Å². The van der Waals surface area contributed by atoms with E-state index in [1.54, 1.807) is 20.8 Å². The van der Waals surface area contributed by atoms with Crippen LogP contribution in [0.2, 0.25) is 0 Å². The van der Waals surface area contributed by atoms with Gasteiger partial charge in [-0.2, -0.15) is 0 Å². The lowest BCUT2D eigenvalue weighted by atomic mass is 10.1. The van der Waals surface area contributed by atoms with Crippen molar-refractivity contribution in [3.05, 3.63) is 62.5 Å². The molecule has 0 radical (unpaired) electrons. The third-order valence-electron chi connectivity index (χ3n) is 4.22. The normalized spacial score (nSPS) is 10.4. The third-order valence-corrected chi connectivity index (χ3v) is 4.22. The Morgan fingerprint density at radius 1 is 1.11 bits per heavy atom. The highest BCUT2D eigenvalue weighted by Crippen LogP contribution is 2.23. The Morgan fingerprint density at radius 3 is 2.18 bits per heavy atom. The van der Waals surface area contributed by atoms with Gasteiger partial charge in [-0.05, 0) is 33.3 Å². The standard InChI is InChI=1S/C19H21N3O6/c1-5-28-19(25)18-12(3)21(11(2)17(18)13(4)23)20-16(24)10-14-6-8-15(9-7-14)22(26)27/h6-9H,5,10H2,1-4H3,(H,20,24). The molecule has 1 amide bonds. The molecule has 1 N–H and O–H groups in total. The molecule has 28 heavy (non-hydrogen) atoms. The average Bonchev–Trinajstić information content (AvgIpc) is 2.87. The van der Waals surface area contributed by atoms with Gasteiger partial charge in [-0.15, -0.1) is 0 Å². The molecule has 0 fully saturated rings. The molecule has 9 heteroatoms. The lowest BCUT2D eigenvalue weighted by Crippen LogP contribution is -2.26. The first kappa shape index (κ1) is 20.8. The summed E-state index contributed by atoms with van der Waals surface area (Å²) in [4.78, 5) is 46.9. The van der Waals surface area contributed by atoms with E-state index in [2.05, 4.69) is 5.43 Å². The van der Waals surface area contributed by atoms with Gasteiger partial charge < -0.3 is 4.74 Å². The number of non-ortho nitro benzene ring substituents is 1. The van der Waals surface area contributed by atoms with Crippen molar-refractivity contribution in [2.24, 2.45) is 0 Å². The molecule has 2 rings (SSSR count). The Bertz CT molecular complexity index is 944. The van der Waals surface area contributed by atoms with Crippen molar-refractivity contribution < 1.29 is 24.0 Å². The van der Waals surface area contributed by atoms with Gasteiger partial charge >= 0.3 is 5.97 Å². The largest absolute Gasteiger partial charge is 0.462 e. The lowest BCUT2D eigenvalue weighted by Gasteiger charge is -2.11. The van der Waals surface area contributed by atoms with E-state index in [4.69, 9.17) is 4.74 Å². The number of nitro groups is 1. The molecule has 0 bridgehead atoms. The van der Waals surface area contributed by atoms with Crippen molar-refractivity contribution >= 4 is 23.3 Å². The first-order chi connectivity index (χ1) is 13.2. The highest BCUT2D eigenvalue weighted by molar-refractivity contribution is 6.07. The molecule has 0 aliphatic heterocycles. The van der Waals surface area contributed by atoms with Crippen LogP contribution in [0, 0.1) is 24.0 Å². The maximum absolute atomic E-state index is 12.4. The van der Waals surface area contributed by atoms with E-state index in [9.17, 15) is 24.5 Å². The Morgan fingerprint density at radius 2 is 1.68 bits per heavy atom. The van der Waals surface area contributed by atoms with Gasteiger partial charge in [0.2, 0.25) is 5.91 Å². The van der Waals surface area contributed by atoms with Gasteiger partial charge in [0.05, 0.1) is 34.8 Å². The molecule has 2 aromatic rings. The molecule has 0 spiro atoms. The summed E-state index contributed by atoms with van der Waals surface area (Å²) >= 11 is 0. The summed E-state index contributed by atoms with van der Waals surface area (Å²) in [5.74, 6) is -1.34. The van der Waals surface area contributed by atoms with Gasteiger partial charge in [0.25, 0.3) is 5.69 Å². The highest BCUT2D eigenvalue weighted by atomic mass is 16.6. The van der Waals surface area contributed by atoms with Gasteiger partial charge in [0, 0.05) is 17.8 Å². The highest BCUT2D eigenvalue weighted by Gasteiger charge is 2.27. The van der Waals surface area contributed by atoms with Crippen LogP contribution in [0.3, 0.4) is 0 Å². The number of nitro benzene ring substituents is 1. The van der Waals surface area contributed by atoms with Crippen LogP contribution in [0.5, 0.6) is 0 Å². The molecule has 0 saturated heterocycles. The smallest absolute Gasteiger partial charge is 0.340 e. The van der Waals surface area contributed by atoms with Gasteiger partial charge in [-0.25, -0.2) is 4.79 Å². The van der Waals surface area contributed by atoms with E-state index in [1.165, 1.54) is 35.9 Å². The number of Topliss-reactive ketones (excluding diaryl/α,β-unsaturated/α-hetero) is 1. The molecule has 9 nitrogen and oxygen atoms in total. The summed E-state index contributed by atoms with van der Waals surface area (Å²) < 4.78 is 6.41. The molecule has 0 atom stereocenters. The van der Waals surface area contributed by atoms with Gasteiger partial charge in [-0.3, -0.25) is 29.8 Å².